The Labute approximate surface area is 218 Å². The molecule has 0 fully saturated rings. The van der Waals surface area contributed by atoms with E-state index in [9.17, 15) is 29.1 Å². The van der Waals surface area contributed by atoms with E-state index in [1.165, 1.54) is 23.9 Å². The van der Waals surface area contributed by atoms with E-state index in [-0.39, 0.29) is 24.3 Å². The molecule has 3 amide bonds. The van der Waals surface area contributed by atoms with Crippen molar-refractivity contribution in [3.05, 3.63) is 29.8 Å². The number of hydrogen-bond acceptors (Lipinski definition) is 9. The number of carboxylic acids is 2. The van der Waals surface area contributed by atoms with Crippen LogP contribution in [0.3, 0.4) is 0 Å². The van der Waals surface area contributed by atoms with Gasteiger partial charge in [0.25, 0.3) is 0 Å². The monoisotopic (exact) mass is 544 g/mol. The lowest BCUT2D eigenvalue weighted by molar-refractivity contribution is -0.142. The lowest BCUT2D eigenvalue weighted by Crippen LogP contribution is -2.57. The van der Waals surface area contributed by atoms with E-state index in [0.717, 1.165) is 0 Å². The summed E-state index contributed by atoms with van der Waals surface area (Å²) < 4.78 is 0. The highest BCUT2D eigenvalue weighted by atomic mass is 32.2. The van der Waals surface area contributed by atoms with Crippen LogP contribution in [0.5, 0.6) is 5.75 Å². The maximum atomic E-state index is 13.2. The van der Waals surface area contributed by atoms with Crippen molar-refractivity contribution >= 4 is 54.1 Å². The fourth-order valence-corrected chi connectivity index (χ4v) is 3.74. The van der Waals surface area contributed by atoms with E-state index in [1.807, 2.05) is 6.26 Å². The minimum atomic E-state index is -1.39. The van der Waals surface area contributed by atoms with Gasteiger partial charge in [-0.05, 0) is 42.5 Å². The fourth-order valence-electron chi connectivity index (χ4n) is 3.00. The number of nitrogens with two attached hydrogens (primary N) is 1. The molecule has 1 aromatic carbocycles. The van der Waals surface area contributed by atoms with E-state index in [0.29, 0.717) is 17.7 Å². The fraction of sp³-hybridized carbons (Fsp3) is 0.500. The molecule has 1 rings (SSSR count). The summed E-state index contributed by atoms with van der Waals surface area (Å²) in [6.07, 6.45) is 1.40. The molecule has 14 heteroatoms. The van der Waals surface area contributed by atoms with Gasteiger partial charge in [-0.25, -0.2) is 4.79 Å². The van der Waals surface area contributed by atoms with E-state index in [1.54, 1.807) is 12.1 Å². The molecule has 12 nitrogen and oxygen atoms in total. The molecular formula is C22H32N4O8S2. The number of carboxylic acid groups (broad SMARTS) is 2. The number of hydrogen-bond donors (Lipinski definition) is 8. The molecule has 200 valence electrons. The summed E-state index contributed by atoms with van der Waals surface area (Å²) in [5.74, 6) is -4.46. The third-order valence-electron chi connectivity index (χ3n) is 5.06. The Morgan fingerprint density at radius 3 is 2.00 bits per heavy atom. The van der Waals surface area contributed by atoms with Crippen molar-refractivity contribution in [1.29, 1.82) is 0 Å². The molecule has 0 saturated carbocycles. The van der Waals surface area contributed by atoms with Gasteiger partial charge in [-0.2, -0.15) is 24.4 Å². The summed E-state index contributed by atoms with van der Waals surface area (Å²) >= 11 is 5.38. The van der Waals surface area contributed by atoms with Crippen molar-refractivity contribution in [2.24, 2.45) is 5.73 Å². The Morgan fingerprint density at radius 1 is 0.917 bits per heavy atom. The van der Waals surface area contributed by atoms with Crippen LogP contribution >= 0.6 is 24.4 Å². The smallest absolute Gasteiger partial charge is 0.327 e. The number of aromatic hydroxyl groups is 1. The number of carbonyl (C=O) groups is 5. The topological polar surface area (TPSA) is 208 Å². The van der Waals surface area contributed by atoms with Crippen LogP contribution in [-0.2, 0) is 30.4 Å². The lowest BCUT2D eigenvalue weighted by Gasteiger charge is -2.25. The number of amides is 3. The molecule has 36 heavy (non-hydrogen) atoms. The number of nitrogens with one attached hydrogen (secondary N) is 3. The molecule has 0 aromatic heterocycles. The highest BCUT2D eigenvalue weighted by molar-refractivity contribution is 7.98. The zero-order chi connectivity index (χ0) is 27.3. The molecule has 0 aliphatic carbocycles. The van der Waals surface area contributed by atoms with Crippen LogP contribution in [0.15, 0.2) is 24.3 Å². The van der Waals surface area contributed by atoms with Gasteiger partial charge < -0.3 is 37.0 Å². The Bertz CT molecular complexity index is 916. The molecule has 0 spiro atoms. The molecule has 0 radical (unpaired) electrons. The van der Waals surface area contributed by atoms with Gasteiger partial charge in [-0.15, -0.1) is 0 Å². The molecule has 4 atom stereocenters. The number of phenolic OH excluding ortho intramolecular Hbond substituents is 1. The number of thiol groups is 1. The van der Waals surface area contributed by atoms with Gasteiger partial charge in [0.1, 0.15) is 23.9 Å². The first kappa shape index (κ1) is 31.1. The standard InChI is InChI=1S/C22H32N4O8S2/c1-36-9-8-14(23)19(30)25-16(10-12-2-4-13(27)5-3-12)21(32)24-15(6-7-18(28)29)20(31)26-17(11-35)22(33)34/h2-5,14-17,27,35H,6-11,23H2,1H3,(H,24,32)(H,25,30)(H,26,31)(H,28,29)(H,33,34). The molecule has 4 unspecified atom stereocenters. The average Bonchev–Trinajstić information content (AvgIpc) is 2.83. The highest BCUT2D eigenvalue weighted by Crippen LogP contribution is 2.12. The third-order valence-corrected chi connectivity index (χ3v) is 6.07. The normalized spacial score (nSPS) is 14.1. The number of rotatable bonds is 16. The van der Waals surface area contributed by atoms with Crippen molar-refractivity contribution < 1.29 is 39.3 Å². The van der Waals surface area contributed by atoms with Crippen LogP contribution in [0.4, 0.5) is 0 Å². The van der Waals surface area contributed by atoms with Crippen molar-refractivity contribution in [2.75, 3.05) is 17.8 Å². The zero-order valence-electron chi connectivity index (χ0n) is 19.7. The Kier molecular flexibility index (Phi) is 13.7. The maximum Gasteiger partial charge on any atom is 0.327 e. The maximum absolute atomic E-state index is 13.2. The predicted molar refractivity (Wildman–Crippen MR) is 137 cm³/mol. The third kappa shape index (κ3) is 11.2. The second-order valence-electron chi connectivity index (χ2n) is 7.90. The molecule has 0 aliphatic heterocycles. The minimum absolute atomic E-state index is 0.00505. The molecular weight excluding hydrogens is 512 g/mol. The average molecular weight is 545 g/mol. The van der Waals surface area contributed by atoms with Crippen LogP contribution in [0.2, 0.25) is 0 Å². The second-order valence-corrected chi connectivity index (χ2v) is 9.25. The van der Waals surface area contributed by atoms with Crippen molar-refractivity contribution in [3.8, 4) is 5.75 Å². The predicted octanol–water partition coefficient (Wildman–Crippen LogP) is -0.651. The van der Waals surface area contributed by atoms with Crippen LogP contribution in [0.1, 0.15) is 24.8 Å². The number of thioether (sulfide) groups is 1. The van der Waals surface area contributed by atoms with E-state index in [4.69, 9.17) is 15.9 Å². The first-order valence-corrected chi connectivity index (χ1v) is 13.0. The molecule has 8 N–H and O–H groups in total. The Morgan fingerprint density at radius 2 is 1.47 bits per heavy atom. The van der Waals surface area contributed by atoms with Gasteiger partial charge in [0.2, 0.25) is 17.7 Å². The van der Waals surface area contributed by atoms with Gasteiger partial charge in [-0.3, -0.25) is 19.2 Å². The Hall–Kier alpha value is -2.97. The largest absolute Gasteiger partial charge is 0.508 e. The summed E-state index contributed by atoms with van der Waals surface area (Å²) in [5.41, 5.74) is 6.49. The summed E-state index contributed by atoms with van der Waals surface area (Å²) in [6, 6.07) is 1.09. The first-order valence-electron chi connectivity index (χ1n) is 11.0. The summed E-state index contributed by atoms with van der Waals surface area (Å²) in [7, 11) is 0. The Balaban J connectivity index is 3.11. The molecule has 1 aromatic rings. The molecule has 0 aliphatic rings. The van der Waals surface area contributed by atoms with E-state index < -0.39 is 60.2 Å². The SMILES string of the molecule is CSCCC(N)C(=O)NC(Cc1ccc(O)cc1)C(=O)NC(CCC(=O)O)C(=O)NC(CS)C(=O)O. The van der Waals surface area contributed by atoms with Crippen LogP contribution in [0.25, 0.3) is 0 Å². The molecule has 0 bridgehead atoms. The van der Waals surface area contributed by atoms with Crippen LogP contribution < -0.4 is 21.7 Å². The van der Waals surface area contributed by atoms with Crippen molar-refractivity contribution in [1.82, 2.24) is 16.0 Å². The van der Waals surface area contributed by atoms with Gasteiger partial charge in [0.15, 0.2) is 0 Å². The number of phenols is 1. The van der Waals surface area contributed by atoms with Gasteiger partial charge >= 0.3 is 11.9 Å². The zero-order valence-corrected chi connectivity index (χ0v) is 21.4. The van der Waals surface area contributed by atoms with Crippen LogP contribution in [-0.4, -0.2) is 86.9 Å². The van der Waals surface area contributed by atoms with Crippen LogP contribution in [0, 0.1) is 0 Å². The van der Waals surface area contributed by atoms with E-state index in [2.05, 4.69) is 28.6 Å². The van der Waals surface area contributed by atoms with Gasteiger partial charge in [0, 0.05) is 18.6 Å². The summed E-state index contributed by atoms with van der Waals surface area (Å²) in [5, 5.41) is 34.9. The summed E-state index contributed by atoms with van der Waals surface area (Å²) in [6.45, 7) is 0. The minimum Gasteiger partial charge on any atom is -0.508 e. The lowest BCUT2D eigenvalue weighted by atomic mass is 10.0. The van der Waals surface area contributed by atoms with Crippen molar-refractivity contribution in [3.63, 3.8) is 0 Å². The second kappa shape index (κ2) is 15.9. The highest BCUT2D eigenvalue weighted by Gasteiger charge is 2.30. The summed E-state index contributed by atoms with van der Waals surface area (Å²) in [4.78, 5) is 60.8. The first-order chi connectivity index (χ1) is 17.0. The van der Waals surface area contributed by atoms with Crippen molar-refractivity contribution in [2.45, 2.75) is 49.9 Å². The number of benzene rings is 1. The molecule has 0 heterocycles. The quantitative estimate of drug-likeness (QED) is 0.123. The number of aliphatic carboxylic acids is 2. The van der Waals surface area contributed by atoms with Gasteiger partial charge in [0.05, 0.1) is 6.04 Å². The molecule has 0 saturated heterocycles. The van der Waals surface area contributed by atoms with E-state index >= 15 is 0 Å². The number of carbonyl (C=O) groups excluding carboxylic acids is 3. The van der Waals surface area contributed by atoms with Gasteiger partial charge in [-0.1, -0.05) is 12.1 Å².